The molecular formula is C17H16ClN3O3S. The van der Waals surface area contributed by atoms with Crippen LogP contribution >= 0.6 is 11.6 Å². The topological polar surface area (TPSA) is 85.1 Å². The fraction of sp³-hybridized carbons (Fsp3) is 0.176. The summed E-state index contributed by atoms with van der Waals surface area (Å²) >= 11 is 6.13. The van der Waals surface area contributed by atoms with E-state index in [0.717, 1.165) is 5.56 Å². The van der Waals surface area contributed by atoms with Gasteiger partial charge in [-0.2, -0.15) is 4.98 Å². The Bertz CT molecular complexity index is 1050. The first-order chi connectivity index (χ1) is 11.8. The van der Waals surface area contributed by atoms with Crippen LogP contribution in [0.3, 0.4) is 0 Å². The summed E-state index contributed by atoms with van der Waals surface area (Å²) in [6, 6.07) is 10.1. The van der Waals surface area contributed by atoms with Gasteiger partial charge in [0, 0.05) is 5.56 Å². The van der Waals surface area contributed by atoms with Gasteiger partial charge in [-0.05, 0) is 56.2 Å². The summed E-state index contributed by atoms with van der Waals surface area (Å²) in [5.74, 6) is 0.742. The molecule has 3 aromatic rings. The fourth-order valence-electron chi connectivity index (χ4n) is 2.34. The summed E-state index contributed by atoms with van der Waals surface area (Å²) in [6.07, 6.45) is 0. The highest BCUT2D eigenvalue weighted by Crippen LogP contribution is 2.28. The van der Waals surface area contributed by atoms with Crippen LogP contribution in [0.5, 0.6) is 0 Å². The first kappa shape index (κ1) is 17.4. The van der Waals surface area contributed by atoms with Crippen molar-refractivity contribution in [3.63, 3.8) is 0 Å². The normalized spacial score (nSPS) is 11.5. The number of nitrogens with zero attached hydrogens (tertiary/aromatic N) is 2. The molecule has 6 nitrogen and oxygen atoms in total. The third kappa shape index (κ3) is 3.67. The zero-order valence-corrected chi connectivity index (χ0v) is 15.4. The molecule has 0 unspecified atom stereocenters. The Hall–Kier alpha value is -2.38. The summed E-state index contributed by atoms with van der Waals surface area (Å²) in [5.41, 5.74) is 2.39. The number of hydrogen-bond acceptors (Lipinski definition) is 5. The molecule has 0 atom stereocenters. The molecule has 2 aromatic carbocycles. The average Bonchev–Trinajstić information content (AvgIpc) is 2.97. The van der Waals surface area contributed by atoms with Crippen molar-refractivity contribution in [3.05, 3.63) is 58.4 Å². The van der Waals surface area contributed by atoms with Crippen LogP contribution in [0.15, 0.2) is 45.8 Å². The van der Waals surface area contributed by atoms with E-state index in [1.165, 1.54) is 6.07 Å². The summed E-state index contributed by atoms with van der Waals surface area (Å²) in [5, 5.41) is 4.06. The van der Waals surface area contributed by atoms with Gasteiger partial charge >= 0.3 is 0 Å². The lowest BCUT2D eigenvalue weighted by Gasteiger charge is -2.12. The second-order valence-electron chi connectivity index (χ2n) is 5.72. The molecule has 0 amide bonds. The first-order valence-electron chi connectivity index (χ1n) is 7.46. The Balaban J connectivity index is 2.01. The van der Waals surface area contributed by atoms with Gasteiger partial charge in [0.05, 0.1) is 15.6 Å². The van der Waals surface area contributed by atoms with Gasteiger partial charge in [-0.25, -0.2) is 8.42 Å². The molecule has 1 heterocycles. The molecule has 0 saturated heterocycles. The van der Waals surface area contributed by atoms with Gasteiger partial charge in [0.1, 0.15) is 0 Å². The van der Waals surface area contributed by atoms with Crippen LogP contribution in [0.1, 0.15) is 17.0 Å². The SMILES string of the molecule is Cc1ccc(NS(=O)(=O)c2cc(-c3nc(C)no3)ccc2C)c(Cl)c1. The van der Waals surface area contributed by atoms with E-state index in [4.69, 9.17) is 16.1 Å². The van der Waals surface area contributed by atoms with E-state index in [1.807, 2.05) is 6.92 Å². The van der Waals surface area contributed by atoms with Gasteiger partial charge in [0.25, 0.3) is 15.9 Å². The number of hydrogen-bond donors (Lipinski definition) is 1. The Morgan fingerprint density at radius 2 is 1.84 bits per heavy atom. The third-order valence-electron chi connectivity index (χ3n) is 3.62. The second-order valence-corrected chi connectivity index (χ2v) is 7.77. The van der Waals surface area contributed by atoms with Gasteiger partial charge in [0.2, 0.25) is 0 Å². The first-order valence-corrected chi connectivity index (χ1v) is 9.33. The van der Waals surface area contributed by atoms with Crippen molar-refractivity contribution in [3.8, 4) is 11.5 Å². The minimum atomic E-state index is -3.83. The summed E-state index contributed by atoms with van der Waals surface area (Å²) < 4.78 is 33.3. The van der Waals surface area contributed by atoms with E-state index in [0.29, 0.717) is 27.7 Å². The molecule has 0 aliphatic carbocycles. The number of halogens is 1. The molecule has 25 heavy (non-hydrogen) atoms. The number of nitrogens with one attached hydrogen (secondary N) is 1. The summed E-state index contributed by atoms with van der Waals surface area (Å²) in [7, 11) is -3.83. The highest BCUT2D eigenvalue weighted by Gasteiger charge is 2.20. The lowest BCUT2D eigenvalue weighted by Crippen LogP contribution is -2.14. The van der Waals surface area contributed by atoms with Crippen LogP contribution in [0, 0.1) is 20.8 Å². The van der Waals surface area contributed by atoms with Gasteiger partial charge in [-0.3, -0.25) is 4.72 Å². The van der Waals surface area contributed by atoms with Gasteiger partial charge < -0.3 is 4.52 Å². The molecule has 0 radical (unpaired) electrons. The van der Waals surface area contributed by atoms with Crippen LogP contribution in [-0.2, 0) is 10.0 Å². The van der Waals surface area contributed by atoms with Crippen molar-refractivity contribution in [2.45, 2.75) is 25.7 Å². The van der Waals surface area contributed by atoms with Crippen LogP contribution in [0.2, 0.25) is 5.02 Å². The van der Waals surface area contributed by atoms with Crippen LogP contribution in [0.4, 0.5) is 5.69 Å². The molecule has 0 bridgehead atoms. The summed E-state index contributed by atoms with van der Waals surface area (Å²) in [4.78, 5) is 4.25. The van der Waals surface area contributed by atoms with Crippen molar-refractivity contribution < 1.29 is 12.9 Å². The van der Waals surface area contributed by atoms with Crippen molar-refractivity contribution >= 4 is 27.3 Å². The molecule has 1 aromatic heterocycles. The molecule has 1 N–H and O–H groups in total. The Morgan fingerprint density at radius 1 is 1.08 bits per heavy atom. The lowest BCUT2D eigenvalue weighted by molar-refractivity contribution is 0.425. The van der Waals surface area contributed by atoms with Gasteiger partial charge in [0.15, 0.2) is 5.82 Å². The monoisotopic (exact) mass is 377 g/mol. The molecule has 0 saturated carbocycles. The minimum Gasteiger partial charge on any atom is -0.334 e. The Kier molecular flexibility index (Phi) is 4.53. The molecule has 0 aliphatic heterocycles. The second kappa shape index (κ2) is 6.50. The number of aryl methyl sites for hydroxylation is 3. The quantitative estimate of drug-likeness (QED) is 0.739. The third-order valence-corrected chi connectivity index (χ3v) is 5.44. The zero-order chi connectivity index (χ0) is 18.2. The molecule has 0 aliphatic rings. The van der Waals surface area contributed by atoms with E-state index in [-0.39, 0.29) is 10.8 Å². The van der Waals surface area contributed by atoms with Gasteiger partial charge in [-0.1, -0.05) is 28.9 Å². The maximum atomic E-state index is 12.8. The fourth-order valence-corrected chi connectivity index (χ4v) is 4.03. The predicted octanol–water partition coefficient (Wildman–Crippen LogP) is 4.12. The summed E-state index contributed by atoms with van der Waals surface area (Å²) in [6.45, 7) is 5.29. The van der Waals surface area contributed by atoms with Crippen LogP contribution in [0.25, 0.3) is 11.5 Å². The lowest BCUT2D eigenvalue weighted by atomic mass is 10.1. The largest absolute Gasteiger partial charge is 0.334 e. The zero-order valence-electron chi connectivity index (χ0n) is 13.9. The smallest absolute Gasteiger partial charge is 0.262 e. The highest BCUT2D eigenvalue weighted by molar-refractivity contribution is 7.92. The Morgan fingerprint density at radius 3 is 2.48 bits per heavy atom. The molecule has 0 spiro atoms. The number of anilines is 1. The maximum Gasteiger partial charge on any atom is 0.262 e. The standard InChI is InChI=1S/C17H16ClN3O3S/c1-10-4-7-15(14(18)8-10)21-25(22,23)16-9-13(6-5-11(16)2)17-19-12(3)20-24-17/h4-9,21H,1-3H3. The molecule has 3 rings (SSSR count). The number of rotatable bonds is 4. The molecule has 8 heteroatoms. The van der Waals surface area contributed by atoms with Crippen molar-refractivity contribution in [1.82, 2.24) is 10.1 Å². The minimum absolute atomic E-state index is 0.123. The number of benzene rings is 2. The Labute approximate surface area is 150 Å². The van der Waals surface area contributed by atoms with Crippen molar-refractivity contribution in [2.24, 2.45) is 0 Å². The van der Waals surface area contributed by atoms with Gasteiger partial charge in [-0.15, -0.1) is 0 Å². The average molecular weight is 378 g/mol. The molecular weight excluding hydrogens is 362 g/mol. The molecule has 130 valence electrons. The number of sulfonamides is 1. The number of aromatic nitrogens is 2. The highest BCUT2D eigenvalue weighted by atomic mass is 35.5. The predicted molar refractivity (Wildman–Crippen MR) is 96.2 cm³/mol. The van der Waals surface area contributed by atoms with E-state index in [1.54, 1.807) is 44.2 Å². The maximum absolute atomic E-state index is 12.8. The van der Waals surface area contributed by atoms with Crippen LogP contribution in [-0.4, -0.2) is 18.6 Å². The van der Waals surface area contributed by atoms with Crippen molar-refractivity contribution in [1.29, 1.82) is 0 Å². The van der Waals surface area contributed by atoms with Crippen molar-refractivity contribution in [2.75, 3.05) is 4.72 Å². The van der Waals surface area contributed by atoms with E-state index >= 15 is 0 Å². The van der Waals surface area contributed by atoms with E-state index in [2.05, 4.69) is 14.9 Å². The van der Waals surface area contributed by atoms with E-state index < -0.39 is 10.0 Å². The van der Waals surface area contributed by atoms with E-state index in [9.17, 15) is 8.42 Å². The molecule has 0 fully saturated rings. The van der Waals surface area contributed by atoms with Crippen LogP contribution < -0.4 is 4.72 Å².